The molecule has 0 aromatic heterocycles. The third-order valence-corrected chi connectivity index (χ3v) is 2.91. The van der Waals surface area contributed by atoms with Gasteiger partial charge in [-0.05, 0) is 18.1 Å². The molecule has 1 nitrogen and oxygen atoms in total. The summed E-state index contributed by atoms with van der Waals surface area (Å²) in [5.74, 6) is 0.272. The lowest BCUT2D eigenvalue weighted by Crippen LogP contribution is -2.11. The first-order valence-corrected chi connectivity index (χ1v) is 5.68. The molecule has 1 aromatic carbocycles. The lowest BCUT2D eigenvalue weighted by Gasteiger charge is -2.11. The minimum Gasteiger partial charge on any atom is -0.294 e. The van der Waals surface area contributed by atoms with Crippen molar-refractivity contribution in [3.63, 3.8) is 0 Å². The highest BCUT2D eigenvalue weighted by atomic mass is 79.9. The minimum atomic E-state index is 0.0546. The topological polar surface area (TPSA) is 17.1 Å². The number of benzene rings is 1. The predicted octanol–water partition coefficient (Wildman–Crippen LogP) is 3.85. The minimum absolute atomic E-state index is 0.0546. The van der Waals surface area contributed by atoms with Gasteiger partial charge in [-0.25, -0.2) is 0 Å². The third-order valence-electron chi connectivity index (χ3n) is 2.25. The molecular weight excluding hydrogens is 240 g/mol. The molecule has 0 fully saturated rings. The number of aryl methyl sites for hydroxylation is 1. The molecule has 0 heterocycles. The van der Waals surface area contributed by atoms with Crippen LogP contribution in [0.15, 0.2) is 22.7 Å². The number of carbonyl (C=O) groups excluding carboxylic acids is 1. The van der Waals surface area contributed by atoms with Crippen LogP contribution in [0.1, 0.15) is 36.7 Å². The Kier molecular flexibility index (Phi) is 3.87. The SMILES string of the molecule is CCc1cccc(Br)c1C(=O)C(C)C. The van der Waals surface area contributed by atoms with E-state index in [1.54, 1.807) is 0 Å². The summed E-state index contributed by atoms with van der Waals surface area (Å²) in [6.45, 7) is 5.93. The first-order valence-electron chi connectivity index (χ1n) is 4.89. The fourth-order valence-corrected chi connectivity index (χ4v) is 2.03. The van der Waals surface area contributed by atoms with Gasteiger partial charge in [0.25, 0.3) is 0 Å². The lowest BCUT2D eigenvalue weighted by molar-refractivity contribution is 0.0937. The van der Waals surface area contributed by atoms with Crippen molar-refractivity contribution in [3.8, 4) is 0 Å². The van der Waals surface area contributed by atoms with Crippen LogP contribution in [0.4, 0.5) is 0 Å². The fourth-order valence-electron chi connectivity index (χ4n) is 1.43. The summed E-state index contributed by atoms with van der Waals surface area (Å²) in [6, 6.07) is 5.91. The van der Waals surface area contributed by atoms with E-state index in [2.05, 4.69) is 22.9 Å². The zero-order chi connectivity index (χ0) is 10.7. The molecule has 76 valence electrons. The van der Waals surface area contributed by atoms with Crippen molar-refractivity contribution in [3.05, 3.63) is 33.8 Å². The van der Waals surface area contributed by atoms with Gasteiger partial charge in [-0.2, -0.15) is 0 Å². The zero-order valence-corrected chi connectivity index (χ0v) is 10.4. The van der Waals surface area contributed by atoms with E-state index in [1.807, 2.05) is 32.0 Å². The molecule has 0 amide bonds. The van der Waals surface area contributed by atoms with Crippen LogP contribution < -0.4 is 0 Å². The van der Waals surface area contributed by atoms with E-state index in [1.165, 1.54) is 0 Å². The van der Waals surface area contributed by atoms with Gasteiger partial charge in [-0.15, -0.1) is 0 Å². The number of ketones is 1. The maximum atomic E-state index is 11.9. The summed E-state index contributed by atoms with van der Waals surface area (Å²) < 4.78 is 0.913. The van der Waals surface area contributed by atoms with Gasteiger partial charge >= 0.3 is 0 Å². The van der Waals surface area contributed by atoms with E-state index in [4.69, 9.17) is 0 Å². The summed E-state index contributed by atoms with van der Waals surface area (Å²) in [7, 11) is 0. The van der Waals surface area contributed by atoms with Crippen LogP contribution in [0.25, 0.3) is 0 Å². The molecule has 0 spiro atoms. The number of Topliss-reactive ketones (excluding diaryl/α,β-unsaturated/α-hetero) is 1. The molecule has 0 saturated heterocycles. The predicted molar refractivity (Wildman–Crippen MR) is 62.7 cm³/mol. The van der Waals surface area contributed by atoms with Crippen LogP contribution >= 0.6 is 15.9 Å². The van der Waals surface area contributed by atoms with Crippen molar-refractivity contribution in [2.75, 3.05) is 0 Å². The summed E-state index contributed by atoms with van der Waals surface area (Å²) in [4.78, 5) is 11.9. The van der Waals surface area contributed by atoms with Crippen LogP contribution in [0.3, 0.4) is 0 Å². The van der Waals surface area contributed by atoms with E-state index in [9.17, 15) is 4.79 Å². The van der Waals surface area contributed by atoms with Crippen molar-refractivity contribution >= 4 is 21.7 Å². The normalized spacial score (nSPS) is 10.6. The van der Waals surface area contributed by atoms with Gasteiger partial charge in [0.1, 0.15) is 0 Å². The maximum Gasteiger partial charge on any atom is 0.166 e. The highest BCUT2D eigenvalue weighted by molar-refractivity contribution is 9.10. The van der Waals surface area contributed by atoms with Gasteiger partial charge in [0.05, 0.1) is 0 Å². The number of rotatable bonds is 3. The van der Waals surface area contributed by atoms with E-state index in [0.29, 0.717) is 0 Å². The van der Waals surface area contributed by atoms with Crippen molar-refractivity contribution in [2.45, 2.75) is 27.2 Å². The molecule has 0 aliphatic rings. The number of carbonyl (C=O) groups is 1. The van der Waals surface area contributed by atoms with E-state index in [-0.39, 0.29) is 11.7 Å². The Labute approximate surface area is 93.7 Å². The third kappa shape index (κ3) is 2.24. The molecule has 14 heavy (non-hydrogen) atoms. The van der Waals surface area contributed by atoms with Crippen molar-refractivity contribution < 1.29 is 4.79 Å². The molecule has 0 N–H and O–H groups in total. The average molecular weight is 255 g/mol. The van der Waals surface area contributed by atoms with Gasteiger partial charge in [0.15, 0.2) is 5.78 Å². The molecule has 0 aliphatic carbocycles. The molecule has 1 rings (SSSR count). The van der Waals surface area contributed by atoms with Gasteiger partial charge in [0.2, 0.25) is 0 Å². The molecule has 0 unspecified atom stereocenters. The first-order chi connectivity index (χ1) is 6.57. The Morgan fingerprint density at radius 2 is 2.07 bits per heavy atom. The summed E-state index contributed by atoms with van der Waals surface area (Å²) in [6.07, 6.45) is 0.896. The molecule has 0 saturated carbocycles. The highest BCUT2D eigenvalue weighted by Gasteiger charge is 2.16. The van der Waals surface area contributed by atoms with E-state index < -0.39 is 0 Å². The Morgan fingerprint density at radius 1 is 1.43 bits per heavy atom. The van der Waals surface area contributed by atoms with Crippen LogP contribution in [-0.2, 0) is 6.42 Å². The van der Waals surface area contributed by atoms with Crippen molar-refractivity contribution in [1.82, 2.24) is 0 Å². The molecule has 1 aromatic rings. The second-order valence-corrected chi connectivity index (χ2v) is 4.50. The van der Waals surface area contributed by atoms with Gasteiger partial charge in [-0.3, -0.25) is 4.79 Å². The fraction of sp³-hybridized carbons (Fsp3) is 0.417. The van der Waals surface area contributed by atoms with Crippen LogP contribution in [0, 0.1) is 5.92 Å². The van der Waals surface area contributed by atoms with Gasteiger partial charge in [0, 0.05) is 16.0 Å². The average Bonchev–Trinajstić information content (AvgIpc) is 2.16. The smallest absolute Gasteiger partial charge is 0.166 e. The monoisotopic (exact) mass is 254 g/mol. The Hall–Kier alpha value is -0.630. The standard InChI is InChI=1S/C12H15BrO/c1-4-9-6-5-7-10(13)11(9)12(14)8(2)3/h5-8H,4H2,1-3H3. The van der Waals surface area contributed by atoms with Crippen LogP contribution in [-0.4, -0.2) is 5.78 Å². The quantitative estimate of drug-likeness (QED) is 0.750. The number of halogens is 1. The van der Waals surface area contributed by atoms with E-state index in [0.717, 1.165) is 22.0 Å². The molecule has 0 aliphatic heterocycles. The molecule has 0 atom stereocenters. The Balaban J connectivity index is 3.23. The van der Waals surface area contributed by atoms with Gasteiger partial charge in [-0.1, -0.05) is 48.8 Å². The maximum absolute atomic E-state index is 11.9. The first kappa shape index (κ1) is 11.4. The Morgan fingerprint density at radius 3 is 2.57 bits per heavy atom. The lowest BCUT2D eigenvalue weighted by atomic mass is 9.95. The zero-order valence-electron chi connectivity index (χ0n) is 8.80. The summed E-state index contributed by atoms with van der Waals surface area (Å²) >= 11 is 3.44. The highest BCUT2D eigenvalue weighted by Crippen LogP contribution is 2.24. The van der Waals surface area contributed by atoms with Crippen molar-refractivity contribution in [2.24, 2.45) is 5.92 Å². The second kappa shape index (κ2) is 4.74. The van der Waals surface area contributed by atoms with Gasteiger partial charge < -0.3 is 0 Å². The van der Waals surface area contributed by atoms with Crippen LogP contribution in [0.5, 0.6) is 0 Å². The second-order valence-electron chi connectivity index (χ2n) is 3.65. The molecule has 2 heteroatoms. The van der Waals surface area contributed by atoms with Crippen LogP contribution in [0.2, 0.25) is 0 Å². The largest absolute Gasteiger partial charge is 0.294 e. The van der Waals surface area contributed by atoms with E-state index >= 15 is 0 Å². The number of hydrogen-bond donors (Lipinski definition) is 0. The van der Waals surface area contributed by atoms with Crippen molar-refractivity contribution in [1.29, 1.82) is 0 Å². The molecule has 0 radical (unpaired) electrons. The summed E-state index contributed by atoms with van der Waals surface area (Å²) in [5.41, 5.74) is 1.98. The summed E-state index contributed by atoms with van der Waals surface area (Å²) in [5, 5.41) is 0. The molecule has 0 bridgehead atoms. The Bertz CT molecular complexity index is 342. The number of hydrogen-bond acceptors (Lipinski definition) is 1. The molecular formula is C12H15BrO.